The molecule has 0 spiro atoms. The van der Waals surface area contributed by atoms with Gasteiger partial charge < -0.3 is 20.0 Å². The first-order chi connectivity index (χ1) is 12.5. The van der Waals surface area contributed by atoms with Gasteiger partial charge in [-0.2, -0.15) is 0 Å². The van der Waals surface area contributed by atoms with Crippen LogP contribution >= 0.6 is 15.9 Å². The quantitative estimate of drug-likeness (QED) is 0.384. The van der Waals surface area contributed by atoms with Crippen LogP contribution in [0.5, 0.6) is 0 Å². The van der Waals surface area contributed by atoms with Crippen molar-refractivity contribution < 1.29 is 14.0 Å². The van der Waals surface area contributed by atoms with Crippen molar-refractivity contribution in [1.82, 2.24) is 10.6 Å². The van der Waals surface area contributed by atoms with Gasteiger partial charge in [0.25, 0.3) is 5.91 Å². The molecule has 0 fully saturated rings. The fourth-order valence-electron chi connectivity index (χ4n) is 2.56. The maximum Gasteiger partial charge on any atom is 0.349 e. The summed E-state index contributed by atoms with van der Waals surface area (Å²) in [5.74, 6) is -0.699. The summed E-state index contributed by atoms with van der Waals surface area (Å²) in [6.07, 6.45) is 0. The standard InChI is InChI=1S/C18H22BrN3O4/c1-3-22(4-2)13-6-5-12-9-14(18(25)26-15(12)10-13)17(24)21-8-7-20-16(23)11-19/h5-6,9-10H,3-4,7-8,11H2,1-2H3,(H,20,23)(H,21,24). The van der Waals surface area contributed by atoms with E-state index in [9.17, 15) is 14.4 Å². The lowest BCUT2D eigenvalue weighted by atomic mass is 10.1. The van der Waals surface area contributed by atoms with Crippen molar-refractivity contribution >= 4 is 44.4 Å². The Morgan fingerprint density at radius 1 is 1.12 bits per heavy atom. The fraction of sp³-hybridized carbons (Fsp3) is 0.389. The molecule has 1 heterocycles. The third-order valence-corrected chi connectivity index (χ3v) is 4.46. The summed E-state index contributed by atoms with van der Waals surface area (Å²) in [6.45, 7) is 6.30. The van der Waals surface area contributed by atoms with Crippen LogP contribution in [-0.4, -0.2) is 43.3 Å². The zero-order chi connectivity index (χ0) is 19.1. The van der Waals surface area contributed by atoms with Gasteiger partial charge in [-0.15, -0.1) is 0 Å². The van der Waals surface area contributed by atoms with Crippen molar-refractivity contribution in [2.45, 2.75) is 13.8 Å². The van der Waals surface area contributed by atoms with Crippen LogP contribution < -0.4 is 21.2 Å². The molecule has 0 aliphatic heterocycles. The molecule has 2 aromatic rings. The molecule has 2 amide bonds. The van der Waals surface area contributed by atoms with Crippen LogP contribution in [0.2, 0.25) is 0 Å². The Labute approximate surface area is 159 Å². The van der Waals surface area contributed by atoms with E-state index in [4.69, 9.17) is 4.42 Å². The normalized spacial score (nSPS) is 10.6. The molecule has 0 aliphatic carbocycles. The van der Waals surface area contributed by atoms with Crippen molar-refractivity contribution in [3.63, 3.8) is 0 Å². The van der Waals surface area contributed by atoms with Crippen molar-refractivity contribution in [1.29, 1.82) is 0 Å². The average Bonchev–Trinajstić information content (AvgIpc) is 2.65. The average molecular weight is 424 g/mol. The number of anilines is 1. The van der Waals surface area contributed by atoms with Gasteiger partial charge in [0.15, 0.2) is 0 Å². The molecule has 8 heteroatoms. The minimum absolute atomic E-state index is 0.0556. The molecule has 0 saturated carbocycles. The van der Waals surface area contributed by atoms with E-state index in [0.717, 1.165) is 18.8 Å². The smallest absolute Gasteiger partial charge is 0.349 e. The maximum atomic E-state index is 12.2. The van der Waals surface area contributed by atoms with Crippen molar-refractivity contribution in [3.8, 4) is 0 Å². The Hall–Kier alpha value is -2.35. The van der Waals surface area contributed by atoms with Gasteiger partial charge in [-0.05, 0) is 32.0 Å². The molecule has 140 valence electrons. The molecule has 2 N–H and O–H groups in total. The number of hydrogen-bond donors (Lipinski definition) is 2. The Balaban J connectivity index is 2.15. The number of hydrogen-bond acceptors (Lipinski definition) is 5. The maximum absolute atomic E-state index is 12.2. The van der Waals surface area contributed by atoms with Gasteiger partial charge >= 0.3 is 5.63 Å². The second kappa shape index (κ2) is 9.38. The number of alkyl halides is 1. The monoisotopic (exact) mass is 423 g/mol. The van der Waals surface area contributed by atoms with Gasteiger partial charge in [0.1, 0.15) is 11.1 Å². The minimum Gasteiger partial charge on any atom is -0.422 e. The molecular formula is C18H22BrN3O4. The number of carbonyl (C=O) groups excluding carboxylic acids is 2. The molecule has 1 aromatic carbocycles. The van der Waals surface area contributed by atoms with Gasteiger partial charge in [-0.1, -0.05) is 15.9 Å². The van der Waals surface area contributed by atoms with Gasteiger partial charge in [0.05, 0.1) is 5.33 Å². The first kappa shape index (κ1) is 20.0. The zero-order valence-corrected chi connectivity index (χ0v) is 16.4. The number of halogens is 1. The van der Waals surface area contributed by atoms with Crippen LogP contribution in [0.15, 0.2) is 33.5 Å². The Morgan fingerprint density at radius 3 is 2.46 bits per heavy atom. The third kappa shape index (κ3) is 4.85. The summed E-state index contributed by atoms with van der Waals surface area (Å²) in [4.78, 5) is 37.6. The Morgan fingerprint density at radius 2 is 1.81 bits per heavy atom. The largest absolute Gasteiger partial charge is 0.422 e. The number of benzene rings is 1. The predicted molar refractivity (Wildman–Crippen MR) is 105 cm³/mol. The highest BCUT2D eigenvalue weighted by Gasteiger charge is 2.14. The molecule has 0 unspecified atom stereocenters. The SMILES string of the molecule is CCN(CC)c1ccc2cc(C(=O)NCCNC(=O)CBr)c(=O)oc2c1. The van der Waals surface area contributed by atoms with Gasteiger partial charge in [0.2, 0.25) is 5.91 Å². The molecule has 7 nitrogen and oxygen atoms in total. The third-order valence-electron chi connectivity index (χ3n) is 3.95. The molecular weight excluding hydrogens is 402 g/mol. The zero-order valence-electron chi connectivity index (χ0n) is 14.8. The van der Waals surface area contributed by atoms with E-state index >= 15 is 0 Å². The van der Waals surface area contributed by atoms with Crippen molar-refractivity contribution in [2.24, 2.45) is 0 Å². The lowest BCUT2D eigenvalue weighted by Gasteiger charge is -2.21. The molecule has 0 aliphatic rings. The second-order valence-corrected chi connectivity index (χ2v) is 6.14. The van der Waals surface area contributed by atoms with E-state index in [2.05, 4.69) is 45.3 Å². The molecule has 2 rings (SSSR count). The molecule has 1 aromatic heterocycles. The Bertz CT molecular complexity index is 846. The molecule has 0 saturated heterocycles. The topological polar surface area (TPSA) is 91.7 Å². The number of nitrogens with zero attached hydrogens (tertiary/aromatic N) is 1. The van der Waals surface area contributed by atoms with E-state index in [1.165, 1.54) is 6.07 Å². The van der Waals surface area contributed by atoms with Crippen LogP contribution in [0.4, 0.5) is 5.69 Å². The van der Waals surface area contributed by atoms with Crippen LogP contribution in [0.1, 0.15) is 24.2 Å². The molecule has 26 heavy (non-hydrogen) atoms. The molecule has 0 radical (unpaired) electrons. The van der Waals surface area contributed by atoms with E-state index in [1.807, 2.05) is 12.1 Å². The van der Waals surface area contributed by atoms with E-state index in [0.29, 0.717) is 11.0 Å². The fourth-order valence-corrected chi connectivity index (χ4v) is 2.76. The van der Waals surface area contributed by atoms with Crippen LogP contribution in [0, 0.1) is 0 Å². The van der Waals surface area contributed by atoms with Crippen LogP contribution in [0.25, 0.3) is 11.0 Å². The molecule has 0 bridgehead atoms. The summed E-state index contributed by atoms with van der Waals surface area (Å²) in [6, 6.07) is 7.10. The highest BCUT2D eigenvalue weighted by atomic mass is 79.9. The Kier molecular flexibility index (Phi) is 7.20. The summed E-state index contributed by atoms with van der Waals surface area (Å²) in [5, 5.41) is 6.08. The highest BCUT2D eigenvalue weighted by molar-refractivity contribution is 9.09. The number of rotatable bonds is 8. The van der Waals surface area contributed by atoms with Crippen molar-refractivity contribution in [2.75, 3.05) is 36.4 Å². The summed E-state index contributed by atoms with van der Waals surface area (Å²) in [7, 11) is 0. The summed E-state index contributed by atoms with van der Waals surface area (Å²) < 4.78 is 5.34. The first-order valence-corrected chi connectivity index (χ1v) is 9.56. The first-order valence-electron chi connectivity index (χ1n) is 8.43. The van der Waals surface area contributed by atoms with Gasteiger partial charge in [-0.25, -0.2) is 4.79 Å². The van der Waals surface area contributed by atoms with E-state index in [1.54, 1.807) is 6.07 Å². The summed E-state index contributed by atoms with van der Waals surface area (Å²) >= 11 is 3.03. The number of fused-ring (bicyclic) bond motifs is 1. The minimum atomic E-state index is -0.684. The lowest BCUT2D eigenvalue weighted by Crippen LogP contribution is -2.36. The van der Waals surface area contributed by atoms with Crippen molar-refractivity contribution in [3.05, 3.63) is 40.2 Å². The lowest BCUT2D eigenvalue weighted by molar-refractivity contribution is -0.118. The molecule has 0 atom stereocenters. The number of carbonyl (C=O) groups is 2. The predicted octanol–water partition coefficient (Wildman–Crippen LogP) is 1.88. The number of amides is 2. The van der Waals surface area contributed by atoms with Gasteiger partial charge in [-0.3, -0.25) is 9.59 Å². The second-order valence-electron chi connectivity index (χ2n) is 5.58. The summed E-state index contributed by atoms with van der Waals surface area (Å²) in [5.41, 5.74) is 0.669. The van der Waals surface area contributed by atoms with Gasteiger partial charge in [0, 0.05) is 43.3 Å². The van der Waals surface area contributed by atoms with E-state index in [-0.39, 0.29) is 29.9 Å². The highest BCUT2D eigenvalue weighted by Crippen LogP contribution is 2.21. The van der Waals surface area contributed by atoms with E-state index < -0.39 is 11.5 Å². The number of nitrogens with one attached hydrogen (secondary N) is 2. The van der Waals surface area contributed by atoms with Crippen LogP contribution in [-0.2, 0) is 4.79 Å². The van der Waals surface area contributed by atoms with Crippen LogP contribution in [0.3, 0.4) is 0 Å².